The third-order valence-corrected chi connectivity index (χ3v) is 5.28. The Kier molecular flexibility index (Phi) is 3.53. The molecule has 6 nitrogen and oxygen atoms in total. The van der Waals surface area contributed by atoms with E-state index in [1.54, 1.807) is 17.5 Å². The van der Waals surface area contributed by atoms with E-state index in [4.69, 9.17) is 20.3 Å². The van der Waals surface area contributed by atoms with E-state index >= 15 is 0 Å². The number of nitrogens with zero attached hydrogens (tertiary/aromatic N) is 3. The Labute approximate surface area is 154 Å². The maximum Gasteiger partial charge on any atom is 0.231 e. The lowest BCUT2D eigenvalue weighted by molar-refractivity contribution is 0.174. The van der Waals surface area contributed by atoms with Crippen molar-refractivity contribution in [2.24, 2.45) is 5.10 Å². The van der Waals surface area contributed by atoms with Crippen molar-refractivity contribution in [1.82, 2.24) is 4.98 Å². The summed E-state index contributed by atoms with van der Waals surface area (Å²) in [6.07, 6.45) is 2.64. The molecular formula is C19H16N4O2S. The lowest BCUT2D eigenvalue weighted by atomic mass is 9.95. The Balaban J connectivity index is 1.68. The second-order valence-electron chi connectivity index (χ2n) is 6.12. The van der Waals surface area contributed by atoms with Gasteiger partial charge in [-0.05, 0) is 36.2 Å². The molecule has 2 N–H and O–H groups in total. The third-order valence-electron chi connectivity index (χ3n) is 4.49. The van der Waals surface area contributed by atoms with Crippen molar-refractivity contribution < 1.29 is 9.47 Å². The van der Waals surface area contributed by atoms with Gasteiger partial charge in [0.25, 0.3) is 0 Å². The zero-order valence-corrected chi connectivity index (χ0v) is 14.7. The van der Waals surface area contributed by atoms with Gasteiger partial charge in [-0.3, -0.25) is 0 Å². The summed E-state index contributed by atoms with van der Waals surface area (Å²) in [5, 5.41) is 9.75. The number of hydrogen-bond donors (Lipinski definition) is 1. The molecule has 2 aromatic carbocycles. The zero-order valence-electron chi connectivity index (χ0n) is 13.9. The van der Waals surface area contributed by atoms with E-state index in [1.165, 1.54) is 5.56 Å². The number of ether oxygens (including phenoxy) is 2. The molecule has 0 fully saturated rings. The summed E-state index contributed by atoms with van der Waals surface area (Å²) in [5.41, 5.74) is 10.7. The molecule has 5 rings (SSSR count). The molecule has 0 saturated heterocycles. The SMILES string of the molecule is Nc1ccc(C2=NN(c3nccs3)CCc3cc4c(cc32)OCO4)cc1. The van der Waals surface area contributed by atoms with Crippen LogP contribution >= 0.6 is 11.3 Å². The average molecular weight is 364 g/mol. The van der Waals surface area contributed by atoms with Crippen LogP contribution in [0.4, 0.5) is 10.8 Å². The van der Waals surface area contributed by atoms with Gasteiger partial charge < -0.3 is 15.2 Å². The first kappa shape index (κ1) is 15.2. The van der Waals surface area contributed by atoms with E-state index in [-0.39, 0.29) is 6.79 Å². The molecule has 0 radical (unpaired) electrons. The van der Waals surface area contributed by atoms with Crippen molar-refractivity contribution >= 4 is 27.9 Å². The Bertz CT molecular complexity index is 984. The van der Waals surface area contributed by atoms with Crippen LogP contribution in [-0.2, 0) is 6.42 Å². The second kappa shape index (κ2) is 6.03. The molecule has 130 valence electrons. The standard InChI is InChI=1S/C19H16N4O2S/c20-14-3-1-12(2-4-14)18-15-10-17-16(24-11-25-17)9-13(15)5-7-23(22-18)19-21-6-8-26-19/h1-4,6,8-10H,5,7,11,20H2. The summed E-state index contributed by atoms with van der Waals surface area (Å²) in [6, 6.07) is 11.9. The molecule has 0 saturated carbocycles. The molecular weight excluding hydrogens is 348 g/mol. The number of nitrogen functional groups attached to an aromatic ring is 1. The molecule has 0 aliphatic carbocycles. The van der Waals surface area contributed by atoms with Crippen molar-refractivity contribution in [2.45, 2.75) is 6.42 Å². The van der Waals surface area contributed by atoms with Crippen LogP contribution in [0.3, 0.4) is 0 Å². The molecule has 2 aliphatic rings. The average Bonchev–Trinajstić information content (AvgIpc) is 3.30. The highest BCUT2D eigenvalue weighted by atomic mass is 32.1. The molecule has 0 amide bonds. The first-order valence-electron chi connectivity index (χ1n) is 8.32. The van der Waals surface area contributed by atoms with Crippen LogP contribution in [0.1, 0.15) is 16.7 Å². The van der Waals surface area contributed by atoms with Gasteiger partial charge in [0.2, 0.25) is 11.9 Å². The van der Waals surface area contributed by atoms with Gasteiger partial charge in [-0.1, -0.05) is 12.1 Å². The van der Waals surface area contributed by atoms with Crippen LogP contribution in [-0.4, -0.2) is 24.0 Å². The highest BCUT2D eigenvalue weighted by Gasteiger charge is 2.24. The monoisotopic (exact) mass is 364 g/mol. The number of rotatable bonds is 2. The van der Waals surface area contributed by atoms with Gasteiger partial charge in [0, 0.05) is 34.9 Å². The van der Waals surface area contributed by atoms with E-state index in [2.05, 4.69) is 11.1 Å². The quantitative estimate of drug-likeness (QED) is 0.707. The van der Waals surface area contributed by atoms with E-state index in [9.17, 15) is 0 Å². The fourth-order valence-corrected chi connectivity index (χ4v) is 3.82. The molecule has 3 aromatic rings. The summed E-state index contributed by atoms with van der Waals surface area (Å²) < 4.78 is 11.1. The van der Waals surface area contributed by atoms with E-state index < -0.39 is 0 Å². The molecule has 0 unspecified atom stereocenters. The summed E-state index contributed by atoms with van der Waals surface area (Å²) in [7, 11) is 0. The largest absolute Gasteiger partial charge is 0.454 e. The molecule has 2 aliphatic heterocycles. The Morgan fingerprint density at radius 3 is 2.65 bits per heavy atom. The van der Waals surface area contributed by atoms with Crippen molar-refractivity contribution in [3.8, 4) is 11.5 Å². The van der Waals surface area contributed by atoms with Crippen LogP contribution in [0.5, 0.6) is 11.5 Å². The molecule has 26 heavy (non-hydrogen) atoms. The van der Waals surface area contributed by atoms with Crippen LogP contribution in [0, 0.1) is 0 Å². The zero-order chi connectivity index (χ0) is 17.5. The summed E-state index contributed by atoms with van der Waals surface area (Å²) in [6.45, 7) is 1.01. The molecule has 0 spiro atoms. The van der Waals surface area contributed by atoms with E-state index in [1.807, 2.05) is 40.7 Å². The van der Waals surface area contributed by atoms with Gasteiger partial charge in [-0.25, -0.2) is 9.99 Å². The normalized spacial score (nSPS) is 15.4. The Morgan fingerprint density at radius 1 is 1.08 bits per heavy atom. The third kappa shape index (κ3) is 2.57. The van der Waals surface area contributed by atoms with Crippen LogP contribution in [0.2, 0.25) is 0 Å². The minimum atomic E-state index is 0.262. The predicted molar refractivity (Wildman–Crippen MR) is 102 cm³/mol. The minimum absolute atomic E-state index is 0.262. The van der Waals surface area contributed by atoms with E-state index in [0.717, 1.165) is 52.1 Å². The maximum atomic E-state index is 5.86. The fraction of sp³-hybridized carbons (Fsp3) is 0.158. The summed E-state index contributed by atoms with van der Waals surface area (Å²) in [4.78, 5) is 4.42. The smallest absolute Gasteiger partial charge is 0.231 e. The highest BCUT2D eigenvalue weighted by molar-refractivity contribution is 7.13. The first-order valence-corrected chi connectivity index (χ1v) is 9.20. The predicted octanol–water partition coefficient (Wildman–Crippen LogP) is 3.27. The number of hydrogen-bond acceptors (Lipinski definition) is 7. The van der Waals surface area contributed by atoms with Crippen LogP contribution < -0.4 is 20.2 Å². The summed E-state index contributed by atoms with van der Waals surface area (Å²) in [5.74, 6) is 1.55. The topological polar surface area (TPSA) is 73.0 Å². The molecule has 1 aromatic heterocycles. The van der Waals surface area contributed by atoms with Gasteiger partial charge in [-0.2, -0.15) is 5.10 Å². The summed E-state index contributed by atoms with van der Waals surface area (Å²) >= 11 is 1.58. The second-order valence-corrected chi connectivity index (χ2v) is 6.99. The molecule has 7 heteroatoms. The number of fused-ring (bicyclic) bond motifs is 2. The molecule has 0 atom stereocenters. The molecule has 0 bridgehead atoms. The number of aromatic nitrogens is 1. The molecule has 3 heterocycles. The van der Waals surface area contributed by atoms with Gasteiger partial charge in [0.05, 0.1) is 5.71 Å². The lowest BCUT2D eigenvalue weighted by Crippen LogP contribution is -2.19. The van der Waals surface area contributed by atoms with Gasteiger partial charge >= 0.3 is 0 Å². The minimum Gasteiger partial charge on any atom is -0.454 e. The Hall–Kier alpha value is -3.06. The number of hydrazone groups is 1. The van der Waals surface area contributed by atoms with Gasteiger partial charge in [0.15, 0.2) is 11.5 Å². The Morgan fingerprint density at radius 2 is 1.88 bits per heavy atom. The highest BCUT2D eigenvalue weighted by Crippen LogP contribution is 2.37. The fourth-order valence-electron chi connectivity index (χ4n) is 3.20. The number of nitrogens with two attached hydrogens (primary N) is 1. The lowest BCUT2D eigenvalue weighted by Gasteiger charge is -2.15. The number of anilines is 2. The van der Waals surface area contributed by atoms with Gasteiger partial charge in [0.1, 0.15) is 0 Å². The van der Waals surface area contributed by atoms with Gasteiger partial charge in [-0.15, -0.1) is 11.3 Å². The van der Waals surface area contributed by atoms with E-state index in [0.29, 0.717) is 0 Å². The van der Waals surface area contributed by atoms with Crippen LogP contribution in [0.25, 0.3) is 0 Å². The van der Waals surface area contributed by atoms with Crippen LogP contribution in [0.15, 0.2) is 53.1 Å². The first-order chi connectivity index (χ1) is 12.8. The number of benzene rings is 2. The maximum absolute atomic E-state index is 5.86. The van der Waals surface area contributed by atoms with Crippen molar-refractivity contribution in [3.05, 3.63) is 64.7 Å². The van der Waals surface area contributed by atoms with Crippen molar-refractivity contribution in [2.75, 3.05) is 24.1 Å². The number of thiazole rings is 1. The van der Waals surface area contributed by atoms with Crippen molar-refractivity contribution in [3.63, 3.8) is 0 Å². The van der Waals surface area contributed by atoms with Crippen molar-refractivity contribution in [1.29, 1.82) is 0 Å².